The molecule has 1 fully saturated rings. The van der Waals surface area contributed by atoms with E-state index in [1.54, 1.807) is 0 Å². The lowest BCUT2D eigenvalue weighted by Crippen LogP contribution is -2.22. The van der Waals surface area contributed by atoms with Gasteiger partial charge in [0.1, 0.15) is 6.33 Å². The van der Waals surface area contributed by atoms with E-state index in [9.17, 15) is 12.8 Å². The number of hydrogen-bond acceptors (Lipinski definition) is 5. The Bertz CT molecular complexity index is 503. The number of hydrogen-bond donors (Lipinski definition) is 1. The van der Waals surface area contributed by atoms with Crippen molar-refractivity contribution in [1.29, 1.82) is 0 Å². The van der Waals surface area contributed by atoms with Crippen LogP contribution in [0.2, 0.25) is 0 Å². The molecular weight excluding hydrogens is 233 g/mol. The van der Waals surface area contributed by atoms with Gasteiger partial charge >= 0.3 is 0 Å². The molecule has 16 heavy (non-hydrogen) atoms. The summed E-state index contributed by atoms with van der Waals surface area (Å²) >= 11 is 0. The minimum absolute atomic E-state index is 0.0372. The van der Waals surface area contributed by atoms with Crippen molar-refractivity contribution >= 4 is 15.7 Å². The summed E-state index contributed by atoms with van der Waals surface area (Å²) in [6, 6.07) is -0.256. The Labute approximate surface area is 93.0 Å². The predicted octanol–water partition coefficient (Wildman–Crippen LogP) is 0.523. The van der Waals surface area contributed by atoms with Crippen LogP contribution in [0.5, 0.6) is 0 Å². The van der Waals surface area contributed by atoms with E-state index in [1.165, 1.54) is 13.3 Å². The molecule has 0 amide bonds. The monoisotopic (exact) mass is 245 g/mol. The molecule has 1 aromatic rings. The molecule has 5 nitrogen and oxygen atoms in total. The van der Waals surface area contributed by atoms with Gasteiger partial charge < -0.3 is 5.32 Å². The summed E-state index contributed by atoms with van der Waals surface area (Å²) in [5, 5.41) is 2.80. The first-order chi connectivity index (χ1) is 7.48. The van der Waals surface area contributed by atoms with E-state index in [2.05, 4.69) is 15.3 Å². The third-order valence-corrected chi connectivity index (χ3v) is 4.30. The van der Waals surface area contributed by atoms with E-state index in [4.69, 9.17) is 0 Å². The molecular formula is C9H12FN3O2S. The van der Waals surface area contributed by atoms with Gasteiger partial charge in [-0.05, 0) is 13.3 Å². The molecule has 88 valence electrons. The number of nitrogens with one attached hydrogen (secondary N) is 1. The van der Waals surface area contributed by atoms with Crippen LogP contribution in [0.1, 0.15) is 12.1 Å². The first-order valence-electron chi connectivity index (χ1n) is 4.92. The summed E-state index contributed by atoms with van der Waals surface area (Å²) < 4.78 is 35.9. The highest BCUT2D eigenvalue weighted by Gasteiger charge is 2.28. The van der Waals surface area contributed by atoms with Crippen molar-refractivity contribution in [2.45, 2.75) is 19.4 Å². The van der Waals surface area contributed by atoms with E-state index >= 15 is 0 Å². The van der Waals surface area contributed by atoms with Gasteiger partial charge in [0, 0.05) is 6.04 Å². The minimum Gasteiger partial charge on any atom is -0.364 e. The Morgan fingerprint density at radius 3 is 2.88 bits per heavy atom. The van der Waals surface area contributed by atoms with Crippen LogP contribution in [-0.2, 0) is 9.84 Å². The molecule has 1 unspecified atom stereocenters. The third-order valence-electron chi connectivity index (χ3n) is 2.54. The lowest BCUT2D eigenvalue weighted by molar-refractivity contribution is 0.598. The number of aromatic nitrogens is 2. The van der Waals surface area contributed by atoms with Crippen molar-refractivity contribution in [3.05, 3.63) is 17.8 Å². The maximum atomic E-state index is 13.5. The summed E-state index contributed by atoms with van der Waals surface area (Å²) in [6.45, 7) is 1.54. The number of aryl methyl sites for hydroxylation is 1. The highest BCUT2D eigenvalue weighted by Crippen LogP contribution is 2.18. The lowest BCUT2D eigenvalue weighted by atomic mass is 10.2. The molecule has 0 aliphatic carbocycles. The van der Waals surface area contributed by atoms with E-state index in [0.29, 0.717) is 6.42 Å². The summed E-state index contributed by atoms with van der Waals surface area (Å²) in [5.41, 5.74) is 0.248. The van der Waals surface area contributed by atoms with Crippen molar-refractivity contribution in [2.24, 2.45) is 0 Å². The maximum Gasteiger partial charge on any atom is 0.186 e. The molecule has 1 saturated heterocycles. The van der Waals surface area contributed by atoms with Crippen LogP contribution < -0.4 is 5.32 Å². The summed E-state index contributed by atoms with van der Waals surface area (Å²) in [6.07, 6.45) is 1.75. The highest BCUT2D eigenvalue weighted by atomic mass is 32.2. The molecule has 0 spiro atoms. The number of anilines is 1. The third kappa shape index (κ3) is 2.29. The second-order valence-electron chi connectivity index (χ2n) is 3.87. The first kappa shape index (κ1) is 11.3. The van der Waals surface area contributed by atoms with Crippen molar-refractivity contribution < 1.29 is 12.8 Å². The predicted molar refractivity (Wildman–Crippen MR) is 57.4 cm³/mol. The number of nitrogens with zero attached hydrogens (tertiary/aromatic N) is 2. The van der Waals surface area contributed by atoms with Gasteiger partial charge in [-0.25, -0.2) is 22.8 Å². The first-order valence-corrected chi connectivity index (χ1v) is 6.74. The van der Waals surface area contributed by atoms with Crippen LogP contribution in [0.3, 0.4) is 0 Å². The van der Waals surface area contributed by atoms with E-state index in [0.717, 1.165) is 0 Å². The van der Waals surface area contributed by atoms with Crippen molar-refractivity contribution in [1.82, 2.24) is 9.97 Å². The quantitative estimate of drug-likeness (QED) is 0.822. The van der Waals surface area contributed by atoms with Gasteiger partial charge in [0.15, 0.2) is 21.5 Å². The van der Waals surface area contributed by atoms with Crippen molar-refractivity contribution in [2.75, 3.05) is 16.8 Å². The summed E-state index contributed by atoms with van der Waals surface area (Å²) in [7, 11) is -2.97. The average molecular weight is 245 g/mol. The maximum absolute atomic E-state index is 13.5. The minimum atomic E-state index is -2.97. The molecule has 2 heterocycles. The Balaban J connectivity index is 2.14. The van der Waals surface area contributed by atoms with Gasteiger partial charge in [0.05, 0.1) is 17.2 Å². The molecule has 0 saturated carbocycles. The van der Waals surface area contributed by atoms with E-state index < -0.39 is 15.7 Å². The van der Waals surface area contributed by atoms with Crippen LogP contribution in [0.4, 0.5) is 10.2 Å². The zero-order chi connectivity index (χ0) is 11.8. The zero-order valence-electron chi connectivity index (χ0n) is 8.77. The fraction of sp³-hybridized carbons (Fsp3) is 0.556. The van der Waals surface area contributed by atoms with E-state index in [1.807, 2.05) is 0 Å². The molecule has 2 rings (SSSR count). The second-order valence-corrected chi connectivity index (χ2v) is 6.09. The highest BCUT2D eigenvalue weighted by molar-refractivity contribution is 7.91. The van der Waals surface area contributed by atoms with Gasteiger partial charge in [-0.2, -0.15) is 0 Å². The SMILES string of the molecule is Cc1ncnc(NC2CCS(=O)(=O)C2)c1F. The van der Waals surface area contributed by atoms with Crippen LogP contribution in [-0.4, -0.2) is 35.9 Å². The lowest BCUT2D eigenvalue weighted by Gasteiger charge is -2.12. The molecule has 0 bridgehead atoms. The zero-order valence-corrected chi connectivity index (χ0v) is 9.59. The van der Waals surface area contributed by atoms with Gasteiger partial charge in [0.2, 0.25) is 0 Å². The molecule has 7 heteroatoms. The van der Waals surface area contributed by atoms with Crippen molar-refractivity contribution in [3.63, 3.8) is 0 Å². The van der Waals surface area contributed by atoms with Gasteiger partial charge in [-0.15, -0.1) is 0 Å². The summed E-state index contributed by atoms with van der Waals surface area (Å²) in [4.78, 5) is 7.46. The smallest absolute Gasteiger partial charge is 0.186 e. The van der Waals surface area contributed by atoms with Gasteiger partial charge in [-0.3, -0.25) is 0 Å². The number of rotatable bonds is 2. The Morgan fingerprint density at radius 1 is 1.50 bits per heavy atom. The fourth-order valence-corrected chi connectivity index (χ4v) is 3.33. The normalized spacial score (nSPS) is 23.2. The van der Waals surface area contributed by atoms with Gasteiger partial charge in [-0.1, -0.05) is 0 Å². The molecule has 0 radical (unpaired) electrons. The molecule has 0 aromatic carbocycles. The van der Waals surface area contributed by atoms with Crippen LogP contribution in [0.25, 0.3) is 0 Å². The second kappa shape index (κ2) is 3.97. The Morgan fingerprint density at radius 2 is 2.25 bits per heavy atom. The average Bonchev–Trinajstić information content (AvgIpc) is 2.53. The van der Waals surface area contributed by atoms with Crippen LogP contribution in [0.15, 0.2) is 6.33 Å². The fourth-order valence-electron chi connectivity index (χ4n) is 1.66. The van der Waals surface area contributed by atoms with Crippen LogP contribution in [0, 0.1) is 12.7 Å². The van der Waals surface area contributed by atoms with Crippen LogP contribution >= 0.6 is 0 Å². The van der Waals surface area contributed by atoms with Crippen molar-refractivity contribution in [3.8, 4) is 0 Å². The number of sulfone groups is 1. The number of halogens is 1. The molecule has 1 aliphatic heterocycles. The molecule has 1 N–H and O–H groups in total. The van der Waals surface area contributed by atoms with Gasteiger partial charge in [0.25, 0.3) is 0 Å². The Kier molecular flexibility index (Phi) is 2.79. The largest absolute Gasteiger partial charge is 0.364 e. The molecule has 1 aromatic heterocycles. The van der Waals surface area contributed by atoms with E-state index in [-0.39, 0.29) is 29.1 Å². The standard InChI is InChI=1S/C9H12FN3O2S/c1-6-8(10)9(12-5-11-6)13-7-2-3-16(14,15)4-7/h5,7H,2-4H2,1H3,(H,11,12,13). The summed E-state index contributed by atoms with van der Waals surface area (Å²) in [5.74, 6) is -0.257. The Hall–Kier alpha value is -1.24. The molecule has 1 atom stereocenters. The molecule has 1 aliphatic rings. The topological polar surface area (TPSA) is 72.0 Å².